The molecule has 0 spiro atoms. The van der Waals surface area contributed by atoms with E-state index in [0.29, 0.717) is 11.1 Å². The van der Waals surface area contributed by atoms with Crippen molar-refractivity contribution in [1.29, 1.82) is 0 Å². The molecule has 1 saturated heterocycles. The van der Waals surface area contributed by atoms with Crippen LogP contribution in [0.25, 0.3) is 0 Å². The zero-order chi connectivity index (χ0) is 13.9. The largest absolute Gasteiger partial charge is 0.468 e. The minimum atomic E-state index is 0.240. The smallest absolute Gasteiger partial charge is 0.230 e. The SMILES string of the molecule is Cc1occc1Sc1nc(Cl)nc(N2CCCCC2)n1. The van der Waals surface area contributed by atoms with E-state index < -0.39 is 0 Å². The topological polar surface area (TPSA) is 55.1 Å². The van der Waals surface area contributed by atoms with Crippen molar-refractivity contribution in [3.63, 3.8) is 0 Å². The van der Waals surface area contributed by atoms with E-state index in [9.17, 15) is 0 Å². The van der Waals surface area contributed by atoms with Gasteiger partial charge in [-0.25, -0.2) is 0 Å². The van der Waals surface area contributed by atoms with Crippen LogP contribution in [-0.4, -0.2) is 28.0 Å². The van der Waals surface area contributed by atoms with Gasteiger partial charge in [-0.1, -0.05) is 0 Å². The molecular weight excluding hydrogens is 296 g/mol. The van der Waals surface area contributed by atoms with Gasteiger partial charge in [0.15, 0.2) is 5.16 Å². The van der Waals surface area contributed by atoms with Crippen molar-refractivity contribution in [2.75, 3.05) is 18.0 Å². The van der Waals surface area contributed by atoms with Gasteiger partial charge in [-0.2, -0.15) is 15.0 Å². The van der Waals surface area contributed by atoms with Crippen LogP contribution in [-0.2, 0) is 0 Å². The highest BCUT2D eigenvalue weighted by atomic mass is 35.5. The monoisotopic (exact) mass is 310 g/mol. The molecule has 0 aliphatic carbocycles. The normalized spacial score (nSPS) is 15.6. The highest BCUT2D eigenvalue weighted by Crippen LogP contribution is 2.30. The van der Waals surface area contributed by atoms with Crippen molar-refractivity contribution in [2.24, 2.45) is 0 Å². The molecule has 0 radical (unpaired) electrons. The summed E-state index contributed by atoms with van der Waals surface area (Å²) in [7, 11) is 0. The Kier molecular flexibility index (Phi) is 4.12. The molecule has 0 aromatic carbocycles. The Morgan fingerprint density at radius 1 is 1.20 bits per heavy atom. The van der Waals surface area contributed by atoms with Gasteiger partial charge in [0, 0.05) is 13.1 Å². The number of rotatable bonds is 3. The fraction of sp³-hybridized carbons (Fsp3) is 0.462. The third-order valence-electron chi connectivity index (χ3n) is 3.23. The summed E-state index contributed by atoms with van der Waals surface area (Å²) >= 11 is 7.47. The summed E-state index contributed by atoms with van der Waals surface area (Å²) in [5.41, 5.74) is 0. The summed E-state index contributed by atoms with van der Waals surface area (Å²) in [4.78, 5) is 16.1. The second-order valence-corrected chi connectivity index (χ2v) is 6.02. The highest BCUT2D eigenvalue weighted by Gasteiger charge is 2.16. The standard InChI is InChI=1S/C13H15ClN4OS/c1-9-10(5-8-19-9)20-13-16-11(14)15-12(17-13)18-6-3-2-4-7-18/h5,8H,2-4,6-7H2,1H3. The van der Waals surface area contributed by atoms with E-state index >= 15 is 0 Å². The first-order chi connectivity index (χ1) is 9.72. The van der Waals surface area contributed by atoms with E-state index in [1.807, 2.05) is 13.0 Å². The van der Waals surface area contributed by atoms with Crippen LogP contribution in [0.3, 0.4) is 0 Å². The van der Waals surface area contributed by atoms with Gasteiger partial charge in [-0.3, -0.25) is 0 Å². The third kappa shape index (κ3) is 3.07. The summed E-state index contributed by atoms with van der Waals surface area (Å²) in [6.45, 7) is 3.88. The number of aromatic nitrogens is 3. The van der Waals surface area contributed by atoms with Crippen molar-refractivity contribution < 1.29 is 4.42 Å². The maximum absolute atomic E-state index is 6.02. The van der Waals surface area contributed by atoms with Gasteiger partial charge in [0.2, 0.25) is 11.2 Å². The van der Waals surface area contributed by atoms with Crippen LogP contribution in [0.1, 0.15) is 25.0 Å². The zero-order valence-corrected chi connectivity index (χ0v) is 12.7. The van der Waals surface area contributed by atoms with Crippen LogP contribution in [0.5, 0.6) is 0 Å². The van der Waals surface area contributed by atoms with Crippen molar-refractivity contribution in [2.45, 2.75) is 36.2 Å². The lowest BCUT2D eigenvalue weighted by Crippen LogP contribution is -2.31. The van der Waals surface area contributed by atoms with Gasteiger partial charge in [0.05, 0.1) is 11.2 Å². The summed E-state index contributed by atoms with van der Waals surface area (Å²) in [6.07, 6.45) is 5.27. The molecule has 3 rings (SSSR count). The molecule has 0 unspecified atom stereocenters. The lowest BCUT2D eigenvalue weighted by Gasteiger charge is -2.26. The minimum Gasteiger partial charge on any atom is -0.468 e. The van der Waals surface area contributed by atoms with Gasteiger partial charge in [-0.15, -0.1) is 0 Å². The van der Waals surface area contributed by atoms with E-state index in [1.54, 1.807) is 6.26 Å². The second kappa shape index (κ2) is 6.01. The molecule has 2 aromatic heterocycles. The first-order valence-electron chi connectivity index (χ1n) is 6.61. The number of hydrogen-bond acceptors (Lipinski definition) is 6. The van der Waals surface area contributed by atoms with Crippen molar-refractivity contribution >= 4 is 29.3 Å². The summed E-state index contributed by atoms with van der Waals surface area (Å²) in [5.74, 6) is 1.53. The fourth-order valence-corrected chi connectivity index (χ4v) is 3.16. The molecular formula is C13H15ClN4OS. The Bertz CT molecular complexity index is 598. The molecule has 7 heteroatoms. The first-order valence-corrected chi connectivity index (χ1v) is 7.80. The van der Waals surface area contributed by atoms with E-state index in [2.05, 4.69) is 19.9 Å². The van der Waals surface area contributed by atoms with E-state index in [4.69, 9.17) is 16.0 Å². The molecule has 0 N–H and O–H groups in total. The predicted molar refractivity (Wildman–Crippen MR) is 78.5 cm³/mol. The predicted octanol–water partition coefficient (Wildman–Crippen LogP) is 3.57. The van der Waals surface area contributed by atoms with E-state index in [1.165, 1.54) is 31.0 Å². The quantitative estimate of drug-likeness (QED) is 0.864. The Hall–Kier alpha value is -1.27. The summed E-state index contributed by atoms with van der Waals surface area (Å²) in [6, 6.07) is 1.90. The van der Waals surface area contributed by atoms with Crippen LogP contribution in [0, 0.1) is 6.92 Å². The third-order valence-corrected chi connectivity index (χ3v) is 4.40. The molecule has 0 saturated carbocycles. The lowest BCUT2D eigenvalue weighted by molar-refractivity contribution is 0.526. The fourth-order valence-electron chi connectivity index (χ4n) is 2.18. The number of hydrogen-bond donors (Lipinski definition) is 0. The Labute approximate surface area is 126 Å². The zero-order valence-electron chi connectivity index (χ0n) is 11.2. The number of aryl methyl sites for hydroxylation is 1. The van der Waals surface area contributed by atoms with Gasteiger partial charge in [0.25, 0.3) is 0 Å². The van der Waals surface area contributed by atoms with E-state index in [0.717, 1.165) is 23.7 Å². The Balaban J connectivity index is 1.84. The first kappa shape index (κ1) is 13.7. The summed E-state index contributed by atoms with van der Waals surface area (Å²) in [5, 5.41) is 0.847. The van der Waals surface area contributed by atoms with Crippen molar-refractivity contribution in [3.8, 4) is 0 Å². The average Bonchev–Trinajstić information content (AvgIpc) is 2.85. The van der Waals surface area contributed by atoms with Gasteiger partial charge >= 0.3 is 0 Å². The molecule has 1 fully saturated rings. The van der Waals surface area contributed by atoms with Gasteiger partial charge < -0.3 is 9.32 Å². The van der Waals surface area contributed by atoms with Crippen LogP contribution in [0.15, 0.2) is 26.8 Å². The molecule has 20 heavy (non-hydrogen) atoms. The molecule has 5 nitrogen and oxygen atoms in total. The average molecular weight is 311 g/mol. The number of furan rings is 1. The van der Waals surface area contributed by atoms with Crippen LogP contribution >= 0.6 is 23.4 Å². The number of piperidine rings is 1. The molecule has 106 valence electrons. The van der Waals surface area contributed by atoms with Crippen LogP contribution in [0.4, 0.5) is 5.95 Å². The Morgan fingerprint density at radius 3 is 2.70 bits per heavy atom. The summed E-state index contributed by atoms with van der Waals surface area (Å²) < 4.78 is 5.28. The van der Waals surface area contributed by atoms with E-state index in [-0.39, 0.29) is 5.28 Å². The molecule has 1 aliphatic rings. The lowest BCUT2D eigenvalue weighted by atomic mass is 10.1. The number of anilines is 1. The van der Waals surface area contributed by atoms with Crippen LogP contribution < -0.4 is 4.90 Å². The molecule has 0 bridgehead atoms. The molecule has 1 aliphatic heterocycles. The maximum Gasteiger partial charge on any atom is 0.230 e. The Morgan fingerprint density at radius 2 is 2.00 bits per heavy atom. The second-order valence-electron chi connectivity index (χ2n) is 4.68. The van der Waals surface area contributed by atoms with Crippen LogP contribution in [0.2, 0.25) is 5.28 Å². The molecule has 0 amide bonds. The van der Waals surface area contributed by atoms with Crippen molar-refractivity contribution in [1.82, 2.24) is 15.0 Å². The number of halogens is 1. The highest BCUT2D eigenvalue weighted by molar-refractivity contribution is 7.99. The molecule has 3 heterocycles. The maximum atomic E-state index is 6.02. The minimum absolute atomic E-state index is 0.240. The van der Waals surface area contributed by atoms with Gasteiger partial charge in [-0.05, 0) is 55.6 Å². The van der Waals surface area contributed by atoms with Crippen molar-refractivity contribution in [3.05, 3.63) is 23.4 Å². The number of nitrogens with zero attached hydrogens (tertiary/aromatic N) is 4. The molecule has 0 atom stereocenters. The van der Waals surface area contributed by atoms with Gasteiger partial charge in [0.1, 0.15) is 5.76 Å². The molecule has 2 aromatic rings.